The third kappa shape index (κ3) is 1.32. The van der Waals surface area contributed by atoms with E-state index in [4.69, 9.17) is 0 Å². The summed E-state index contributed by atoms with van der Waals surface area (Å²) >= 11 is 0. The van der Waals surface area contributed by atoms with Gasteiger partial charge >= 0.3 is 0 Å². The van der Waals surface area contributed by atoms with Gasteiger partial charge in [-0.15, -0.1) is 0 Å². The third-order valence-corrected chi connectivity index (χ3v) is 1.15. The first-order chi connectivity index (χ1) is 4.74. The highest BCUT2D eigenvalue weighted by Gasteiger charge is 2.12. The first-order valence-corrected chi connectivity index (χ1v) is 2.97. The Kier molecular flexibility index (Phi) is 1.99. The van der Waals surface area contributed by atoms with Crippen molar-refractivity contribution in [2.24, 2.45) is 0 Å². The van der Waals surface area contributed by atoms with Gasteiger partial charge in [0.25, 0.3) is 6.43 Å². The molecule has 0 bridgehead atoms. The molecule has 0 aromatic carbocycles. The van der Waals surface area contributed by atoms with Crippen LogP contribution in [0, 0.1) is 0 Å². The lowest BCUT2D eigenvalue weighted by molar-refractivity contribution is 0.112. The summed E-state index contributed by atoms with van der Waals surface area (Å²) in [6, 6.07) is 1.27. The quantitative estimate of drug-likeness (QED) is 0.640. The molecule has 0 fully saturated rings. The molecule has 0 aliphatic carbocycles. The molecule has 0 aliphatic heterocycles. The number of nitrogens with zero attached hydrogens (tertiary/aromatic N) is 1. The molecular formula is C6H7F2NO. The van der Waals surface area contributed by atoms with E-state index in [1.165, 1.54) is 6.07 Å². The van der Waals surface area contributed by atoms with Crippen LogP contribution in [0.5, 0.6) is 0 Å². The highest BCUT2D eigenvalue weighted by atomic mass is 19.3. The molecular weight excluding hydrogens is 140 g/mol. The predicted octanol–water partition coefficient (Wildman–Crippen LogP) is 2.17. The van der Waals surface area contributed by atoms with E-state index in [1.807, 2.05) is 6.92 Å². The van der Waals surface area contributed by atoms with Gasteiger partial charge in [-0.1, -0.05) is 12.1 Å². The van der Waals surface area contributed by atoms with Gasteiger partial charge in [0.1, 0.15) is 0 Å². The molecule has 1 rings (SSSR count). The van der Waals surface area contributed by atoms with Crippen molar-refractivity contribution >= 4 is 0 Å². The molecule has 4 heteroatoms. The summed E-state index contributed by atoms with van der Waals surface area (Å²) in [6.45, 7) is 1.83. The maximum absolute atomic E-state index is 11.8. The van der Waals surface area contributed by atoms with Crippen LogP contribution in [0.15, 0.2) is 10.6 Å². The summed E-state index contributed by atoms with van der Waals surface area (Å²) in [4.78, 5) is 0. The van der Waals surface area contributed by atoms with Crippen LogP contribution in [0.3, 0.4) is 0 Å². The van der Waals surface area contributed by atoms with E-state index in [-0.39, 0.29) is 5.76 Å². The van der Waals surface area contributed by atoms with E-state index >= 15 is 0 Å². The Balaban J connectivity index is 2.78. The minimum absolute atomic E-state index is 0.350. The van der Waals surface area contributed by atoms with Crippen LogP contribution in [-0.4, -0.2) is 5.16 Å². The van der Waals surface area contributed by atoms with E-state index in [0.717, 1.165) is 0 Å². The SMILES string of the molecule is CCc1cc(C(F)F)on1. The highest BCUT2D eigenvalue weighted by molar-refractivity contribution is 5.05. The van der Waals surface area contributed by atoms with Crippen molar-refractivity contribution in [1.29, 1.82) is 0 Å². The Labute approximate surface area is 56.8 Å². The van der Waals surface area contributed by atoms with Crippen LogP contribution >= 0.6 is 0 Å². The van der Waals surface area contributed by atoms with Gasteiger partial charge in [-0.2, -0.15) is 0 Å². The minimum atomic E-state index is -2.55. The first kappa shape index (κ1) is 7.18. The van der Waals surface area contributed by atoms with Crippen molar-refractivity contribution in [2.45, 2.75) is 19.8 Å². The maximum atomic E-state index is 11.8. The fourth-order valence-corrected chi connectivity index (χ4v) is 0.598. The van der Waals surface area contributed by atoms with Gasteiger partial charge in [0.05, 0.1) is 5.69 Å². The summed E-state index contributed by atoms with van der Waals surface area (Å²) < 4.78 is 27.9. The summed E-state index contributed by atoms with van der Waals surface area (Å²) in [7, 11) is 0. The molecule has 1 heterocycles. The molecule has 2 nitrogen and oxygen atoms in total. The third-order valence-electron chi connectivity index (χ3n) is 1.15. The topological polar surface area (TPSA) is 26.0 Å². The Hall–Kier alpha value is -0.930. The molecule has 0 amide bonds. The van der Waals surface area contributed by atoms with E-state index in [9.17, 15) is 8.78 Å². The summed E-state index contributed by atoms with van der Waals surface area (Å²) in [5.74, 6) is -0.350. The van der Waals surface area contributed by atoms with Gasteiger partial charge < -0.3 is 4.52 Å². The van der Waals surface area contributed by atoms with Gasteiger partial charge in [0.15, 0.2) is 0 Å². The Bertz CT molecular complexity index is 209. The smallest absolute Gasteiger partial charge is 0.298 e. The molecule has 1 aromatic rings. The van der Waals surface area contributed by atoms with Crippen molar-refractivity contribution in [1.82, 2.24) is 5.16 Å². The molecule has 0 N–H and O–H groups in total. The molecule has 1 aromatic heterocycles. The van der Waals surface area contributed by atoms with Crippen LogP contribution in [0.1, 0.15) is 24.8 Å². The van der Waals surface area contributed by atoms with E-state index < -0.39 is 6.43 Å². The summed E-state index contributed by atoms with van der Waals surface area (Å²) in [6.07, 6.45) is -1.93. The zero-order valence-corrected chi connectivity index (χ0v) is 5.47. The molecule has 0 unspecified atom stereocenters. The van der Waals surface area contributed by atoms with Crippen LogP contribution in [0.2, 0.25) is 0 Å². The lowest BCUT2D eigenvalue weighted by Crippen LogP contribution is -1.77. The normalized spacial score (nSPS) is 10.8. The second-order valence-corrected chi connectivity index (χ2v) is 1.87. The van der Waals surface area contributed by atoms with Gasteiger partial charge in [-0.25, -0.2) is 8.78 Å². The lowest BCUT2D eigenvalue weighted by Gasteiger charge is -1.85. The van der Waals surface area contributed by atoms with Crippen LogP contribution in [0.4, 0.5) is 8.78 Å². The number of rotatable bonds is 2. The average molecular weight is 147 g/mol. The van der Waals surface area contributed by atoms with Gasteiger partial charge in [0.2, 0.25) is 5.76 Å². The molecule has 0 aliphatic rings. The van der Waals surface area contributed by atoms with Crippen LogP contribution in [-0.2, 0) is 6.42 Å². The Morgan fingerprint density at radius 1 is 1.70 bits per heavy atom. The van der Waals surface area contributed by atoms with Crippen molar-refractivity contribution < 1.29 is 13.3 Å². The zero-order valence-electron chi connectivity index (χ0n) is 5.47. The van der Waals surface area contributed by atoms with Crippen molar-refractivity contribution in [3.05, 3.63) is 17.5 Å². The van der Waals surface area contributed by atoms with Crippen molar-refractivity contribution in [2.75, 3.05) is 0 Å². The largest absolute Gasteiger partial charge is 0.355 e. The lowest BCUT2D eigenvalue weighted by atomic mass is 10.3. The average Bonchev–Trinajstić information content (AvgIpc) is 2.34. The van der Waals surface area contributed by atoms with Crippen LogP contribution in [0.25, 0.3) is 0 Å². The second kappa shape index (κ2) is 2.77. The zero-order chi connectivity index (χ0) is 7.56. The Morgan fingerprint density at radius 2 is 2.40 bits per heavy atom. The molecule has 10 heavy (non-hydrogen) atoms. The standard InChI is InChI=1S/C6H7F2NO/c1-2-4-3-5(6(7)8)10-9-4/h3,6H,2H2,1H3. The van der Waals surface area contributed by atoms with Crippen molar-refractivity contribution in [3.63, 3.8) is 0 Å². The summed E-state index contributed by atoms with van der Waals surface area (Å²) in [5.41, 5.74) is 0.565. The fourth-order valence-electron chi connectivity index (χ4n) is 0.598. The van der Waals surface area contributed by atoms with E-state index in [0.29, 0.717) is 12.1 Å². The first-order valence-electron chi connectivity index (χ1n) is 2.97. The maximum Gasteiger partial charge on any atom is 0.298 e. The molecule has 56 valence electrons. The van der Waals surface area contributed by atoms with Gasteiger partial charge in [0, 0.05) is 6.07 Å². The second-order valence-electron chi connectivity index (χ2n) is 1.87. The Morgan fingerprint density at radius 3 is 2.70 bits per heavy atom. The monoisotopic (exact) mass is 147 g/mol. The van der Waals surface area contributed by atoms with E-state index in [2.05, 4.69) is 9.68 Å². The number of aromatic nitrogens is 1. The molecule has 0 spiro atoms. The molecule has 0 saturated heterocycles. The van der Waals surface area contributed by atoms with Gasteiger partial charge in [-0.05, 0) is 6.42 Å². The fraction of sp³-hybridized carbons (Fsp3) is 0.500. The molecule has 0 radical (unpaired) electrons. The minimum Gasteiger partial charge on any atom is -0.355 e. The van der Waals surface area contributed by atoms with Gasteiger partial charge in [-0.3, -0.25) is 0 Å². The predicted molar refractivity (Wildman–Crippen MR) is 30.8 cm³/mol. The highest BCUT2D eigenvalue weighted by Crippen LogP contribution is 2.18. The summed E-state index contributed by atoms with van der Waals surface area (Å²) in [5, 5.41) is 3.40. The van der Waals surface area contributed by atoms with E-state index in [1.54, 1.807) is 0 Å². The number of aryl methyl sites for hydroxylation is 1. The number of halogens is 2. The number of hydrogen-bond acceptors (Lipinski definition) is 2. The van der Waals surface area contributed by atoms with Crippen LogP contribution < -0.4 is 0 Å². The number of hydrogen-bond donors (Lipinski definition) is 0. The molecule has 0 saturated carbocycles. The van der Waals surface area contributed by atoms with Crippen molar-refractivity contribution in [3.8, 4) is 0 Å². The molecule has 0 atom stereocenters. The number of alkyl halides is 2.